The largest absolute Gasteiger partial charge is 0.278 e. The molecule has 3 aliphatic carbocycles. The van der Waals surface area contributed by atoms with Crippen LogP contribution < -0.4 is 5.43 Å². The summed E-state index contributed by atoms with van der Waals surface area (Å²) in [7, 11) is 0. The summed E-state index contributed by atoms with van der Waals surface area (Å²) in [6.07, 6.45) is 1.88. The molecule has 9 rings (SSSR count). The summed E-state index contributed by atoms with van der Waals surface area (Å²) in [5.41, 5.74) is 7.54. The van der Waals surface area contributed by atoms with Gasteiger partial charge >= 0.3 is 0 Å². The maximum Gasteiger partial charge on any atom is 0.244 e. The summed E-state index contributed by atoms with van der Waals surface area (Å²) >= 11 is 0. The Hall–Kier alpha value is -5.36. The Bertz CT molecular complexity index is 1950. The van der Waals surface area contributed by atoms with E-state index in [1.165, 1.54) is 4.90 Å². The van der Waals surface area contributed by atoms with Crippen LogP contribution >= 0.6 is 0 Å². The summed E-state index contributed by atoms with van der Waals surface area (Å²) in [6.45, 7) is 0.222. The number of hydrogen-bond donors (Lipinski definition) is 1. The number of nitrogens with one attached hydrogen (secondary N) is 1. The van der Waals surface area contributed by atoms with E-state index in [2.05, 4.69) is 22.7 Å². The highest BCUT2D eigenvalue weighted by Gasteiger charge is 2.67. The molecule has 0 saturated carbocycles. The number of carbonyl (C=O) groups excluding carboxylic acids is 3. The van der Waals surface area contributed by atoms with Crippen molar-refractivity contribution in [3.05, 3.63) is 155 Å². The lowest BCUT2D eigenvalue weighted by atomic mass is 9.47. The Morgan fingerprint density at radius 1 is 0.750 bits per heavy atom. The van der Waals surface area contributed by atoms with Gasteiger partial charge in [0, 0.05) is 12.1 Å². The van der Waals surface area contributed by atoms with Crippen molar-refractivity contribution in [1.29, 1.82) is 0 Å². The van der Waals surface area contributed by atoms with Crippen LogP contribution in [0.3, 0.4) is 0 Å². The molecule has 44 heavy (non-hydrogen) atoms. The van der Waals surface area contributed by atoms with Gasteiger partial charge in [-0.3, -0.25) is 19.3 Å². The van der Waals surface area contributed by atoms with E-state index < -0.39 is 17.3 Å². The molecule has 5 aromatic carbocycles. The van der Waals surface area contributed by atoms with Gasteiger partial charge in [-0.2, -0.15) is 5.10 Å². The van der Waals surface area contributed by atoms with Crippen LogP contribution in [0.5, 0.6) is 0 Å². The average Bonchev–Trinajstić information content (AvgIpc) is 3.31. The van der Waals surface area contributed by atoms with Gasteiger partial charge in [0.05, 0.1) is 30.2 Å². The summed E-state index contributed by atoms with van der Waals surface area (Å²) in [5.74, 6) is -2.08. The molecule has 214 valence electrons. The topological polar surface area (TPSA) is 78.8 Å². The third-order valence-electron chi connectivity index (χ3n) is 9.65. The number of hydrogen-bond acceptors (Lipinski definition) is 4. The van der Waals surface area contributed by atoms with E-state index >= 15 is 0 Å². The van der Waals surface area contributed by atoms with Crippen LogP contribution in [0.1, 0.15) is 39.3 Å². The van der Waals surface area contributed by atoms with Gasteiger partial charge in [-0.15, -0.1) is 0 Å². The molecule has 1 fully saturated rings. The third kappa shape index (κ3) is 3.80. The van der Waals surface area contributed by atoms with Crippen molar-refractivity contribution in [2.24, 2.45) is 16.9 Å². The second-order valence-electron chi connectivity index (χ2n) is 11.9. The molecule has 2 bridgehead atoms. The van der Waals surface area contributed by atoms with Gasteiger partial charge < -0.3 is 0 Å². The average molecular weight is 576 g/mol. The fourth-order valence-corrected chi connectivity index (χ4v) is 7.90. The summed E-state index contributed by atoms with van der Waals surface area (Å²) < 4.78 is 0. The van der Waals surface area contributed by atoms with Crippen molar-refractivity contribution in [1.82, 2.24) is 10.3 Å². The Kier molecular flexibility index (Phi) is 6.05. The van der Waals surface area contributed by atoms with Gasteiger partial charge in [-0.25, -0.2) is 5.43 Å². The molecule has 1 saturated heterocycles. The second kappa shape index (κ2) is 10.1. The number of fused-ring (bicyclic) bond motifs is 1. The minimum atomic E-state index is -1.02. The van der Waals surface area contributed by atoms with E-state index in [9.17, 15) is 14.4 Å². The maximum absolute atomic E-state index is 14.4. The van der Waals surface area contributed by atoms with Crippen molar-refractivity contribution >= 4 is 34.7 Å². The molecule has 2 atom stereocenters. The molecule has 6 nitrogen and oxygen atoms in total. The summed E-state index contributed by atoms with van der Waals surface area (Å²) in [6, 6.07) is 39.6. The fraction of sp³-hybridized carbons (Fsp3) is 0.158. The lowest BCUT2D eigenvalue weighted by Crippen LogP contribution is -2.54. The SMILES string of the molecule is O=C(Cc1cccc2ccccc12)N/N=C\C12c3ccccc3C(c3ccccc31)[C@@H]1C(=O)N(Cc3ccccc3)C(=O)[C@@H]12. The van der Waals surface area contributed by atoms with E-state index in [4.69, 9.17) is 0 Å². The molecule has 0 unspecified atom stereocenters. The van der Waals surface area contributed by atoms with Gasteiger partial charge in [-0.1, -0.05) is 121 Å². The number of hydrazone groups is 1. The van der Waals surface area contributed by atoms with Crippen molar-refractivity contribution in [2.75, 3.05) is 0 Å². The zero-order valence-corrected chi connectivity index (χ0v) is 23.9. The molecule has 0 aromatic heterocycles. The third-order valence-corrected chi connectivity index (χ3v) is 9.65. The van der Waals surface area contributed by atoms with E-state index in [1.54, 1.807) is 6.21 Å². The molecule has 3 amide bonds. The lowest BCUT2D eigenvalue weighted by Gasteiger charge is -2.52. The molecule has 1 heterocycles. The molecule has 1 N–H and O–H groups in total. The van der Waals surface area contributed by atoms with Crippen LogP contribution in [0.15, 0.2) is 126 Å². The maximum atomic E-state index is 14.4. The lowest BCUT2D eigenvalue weighted by molar-refractivity contribution is -0.140. The van der Waals surface area contributed by atoms with Crippen molar-refractivity contribution in [3.63, 3.8) is 0 Å². The minimum Gasteiger partial charge on any atom is -0.278 e. The number of benzene rings is 5. The van der Waals surface area contributed by atoms with Crippen molar-refractivity contribution in [3.8, 4) is 0 Å². The van der Waals surface area contributed by atoms with E-state index in [1.807, 2.05) is 109 Å². The Morgan fingerprint density at radius 3 is 2.14 bits per heavy atom. The van der Waals surface area contributed by atoms with Gasteiger partial charge in [0.25, 0.3) is 0 Å². The molecule has 1 aliphatic heterocycles. The van der Waals surface area contributed by atoms with Crippen LogP contribution in [-0.2, 0) is 32.8 Å². The Labute approximate surface area is 255 Å². The quantitative estimate of drug-likeness (QED) is 0.160. The smallest absolute Gasteiger partial charge is 0.244 e. The highest BCUT2D eigenvalue weighted by molar-refractivity contribution is 6.11. The van der Waals surface area contributed by atoms with Crippen LogP contribution in [0.25, 0.3) is 10.8 Å². The van der Waals surface area contributed by atoms with Gasteiger partial charge in [0.1, 0.15) is 0 Å². The zero-order valence-electron chi connectivity index (χ0n) is 23.9. The van der Waals surface area contributed by atoms with E-state index in [0.717, 1.165) is 44.2 Å². The molecule has 0 radical (unpaired) electrons. The molecular formula is C38H29N3O3. The van der Waals surface area contributed by atoms with Gasteiger partial charge in [-0.05, 0) is 44.2 Å². The minimum absolute atomic E-state index is 0.157. The molecular weight excluding hydrogens is 546 g/mol. The van der Waals surface area contributed by atoms with Crippen LogP contribution in [0.2, 0.25) is 0 Å². The van der Waals surface area contributed by atoms with Crippen LogP contribution in [0.4, 0.5) is 0 Å². The summed E-state index contributed by atoms with van der Waals surface area (Å²) in [4.78, 5) is 43.2. The molecule has 6 heteroatoms. The van der Waals surface area contributed by atoms with E-state index in [0.29, 0.717) is 0 Å². The molecule has 5 aromatic rings. The number of rotatable bonds is 6. The first-order chi connectivity index (χ1) is 21.6. The normalized spacial score (nSPS) is 23.1. The fourth-order valence-electron chi connectivity index (χ4n) is 7.90. The van der Waals surface area contributed by atoms with Gasteiger partial charge in [0.15, 0.2) is 0 Å². The number of carbonyl (C=O) groups is 3. The molecule has 0 spiro atoms. The van der Waals surface area contributed by atoms with Crippen molar-refractivity contribution in [2.45, 2.75) is 24.3 Å². The first-order valence-corrected chi connectivity index (χ1v) is 15.0. The number of nitrogens with zero attached hydrogens (tertiary/aromatic N) is 2. The highest BCUT2D eigenvalue weighted by Crippen LogP contribution is 2.63. The second-order valence-corrected chi connectivity index (χ2v) is 11.9. The predicted octanol–water partition coefficient (Wildman–Crippen LogP) is 5.73. The number of amides is 3. The van der Waals surface area contributed by atoms with Crippen LogP contribution in [0, 0.1) is 11.8 Å². The Balaban J connectivity index is 1.20. The predicted molar refractivity (Wildman–Crippen MR) is 169 cm³/mol. The molecule has 4 aliphatic rings. The summed E-state index contributed by atoms with van der Waals surface area (Å²) in [5, 5.41) is 6.66. The first-order valence-electron chi connectivity index (χ1n) is 15.0. The first kappa shape index (κ1) is 26.3. The standard InChI is InChI=1S/C38H29N3O3/c42-32(21-26-15-10-14-25-13-4-5-16-27(25)26)40-39-23-38-30-19-8-6-17-28(30)33(29-18-7-9-20-31(29)38)34-35(38)37(44)41(36(34)43)22-24-11-2-1-3-12-24/h1-20,23,33-35H,21-22H2,(H,40,42)/b39-23-/t33?,34-,35+,38?/m0/s1. The van der Waals surface area contributed by atoms with Crippen molar-refractivity contribution < 1.29 is 14.4 Å². The number of imide groups is 1. The van der Waals surface area contributed by atoms with Crippen LogP contribution in [-0.4, -0.2) is 28.8 Å². The number of likely N-dealkylation sites (tertiary alicyclic amines) is 1. The van der Waals surface area contributed by atoms with E-state index in [-0.39, 0.29) is 36.6 Å². The zero-order chi connectivity index (χ0) is 29.8. The highest BCUT2D eigenvalue weighted by atomic mass is 16.2. The Morgan fingerprint density at radius 2 is 1.39 bits per heavy atom. The monoisotopic (exact) mass is 575 g/mol. The van der Waals surface area contributed by atoms with Gasteiger partial charge in [0.2, 0.25) is 17.7 Å².